The van der Waals surface area contributed by atoms with Gasteiger partial charge < -0.3 is 15.2 Å². The molecule has 2 unspecified atom stereocenters. The summed E-state index contributed by atoms with van der Waals surface area (Å²) < 4.78 is 100. The Morgan fingerprint density at radius 3 is 2.60 bits per heavy atom. The molecule has 0 bridgehead atoms. The molecule has 2 aromatic heterocycles. The first kappa shape index (κ1) is 32.9. The van der Waals surface area contributed by atoms with Gasteiger partial charge in [-0.05, 0) is 18.9 Å². The number of carbonyl (C=O) groups excluding carboxylic acids is 1. The van der Waals surface area contributed by atoms with E-state index in [1.807, 2.05) is 0 Å². The lowest BCUT2D eigenvalue weighted by molar-refractivity contribution is -0.208. The Hall–Kier alpha value is -3.45. The minimum Gasteiger partial charge on any atom is -0.466 e. The average Bonchev–Trinajstić information content (AvgIpc) is 3.72. The van der Waals surface area contributed by atoms with Gasteiger partial charge in [-0.3, -0.25) is 9.67 Å². The van der Waals surface area contributed by atoms with Gasteiger partial charge in [0.25, 0.3) is 0 Å². The Morgan fingerprint density at radius 1 is 1.27 bits per heavy atom. The number of piperidine rings is 1. The number of nitrogens with zero attached hydrogens (tertiary/aromatic N) is 5. The highest BCUT2D eigenvalue weighted by atomic mass is 35.5. The number of aromatic nitrogens is 3. The smallest absolute Gasteiger partial charge is 0.416 e. The predicted molar refractivity (Wildman–Crippen MR) is 151 cm³/mol. The molecule has 0 saturated carbocycles. The van der Waals surface area contributed by atoms with Crippen LogP contribution in [-0.2, 0) is 26.1 Å². The van der Waals surface area contributed by atoms with E-state index in [0.29, 0.717) is 15.4 Å². The van der Waals surface area contributed by atoms with E-state index in [0.717, 1.165) is 29.9 Å². The van der Waals surface area contributed by atoms with Crippen LogP contribution in [0.25, 0.3) is 0 Å². The number of sulfonamides is 1. The maximum absolute atomic E-state index is 14.5. The van der Waals surface area contributed by atoms with Gasteiger partial charge in [0.05, 0.1) is 30.4 Å². The molecular weight excluding hydrogens is 671 g/mol. The second-order valence-electron chi connectivity index (χ2n) is 10.1. The molecule has 2 atom stereocenters. The lowest BCUT2D eigenvalue weighted by Gasteiger charge is -2.36. The van der Waals surface area contributed by atoms with E-state index in [9.17, 15) is 40.3 Å². The van der Waals surface area contributed by atoms with E-state index in [1.165, 1.54) is 23.6 Å². The van der Waals surface area contributed by atoms with Gasteiger partial charge >= 0.3 is 12.1 Å². The normalized spacial score (nSPS) is 19.3. The third-order valence-electron chi connectivity index (χ3n) is 7.32. The van der Waals surface area contributed by atoms with Crippen molar-refractivity contribution in [1.82, 2.24) is 24.4 Å². The van der Waals surface area contributed by atoms with Crippen LogP contribution in [0.1, 0.15) is 29.5 Å². The second kappa shape index (κ2) is 12.7. The second-order valence-corrected chi connectivity index (χ2v) is 13.3. The zero-order chi connectivity index (χ0) is 32.7. The number of carbonyl (C=O) groups is 1. The highest BCUT2D eigenvalue weighted by Crippen LogP contribution is 2.41. The number of hydrogen-bond acceptors (Lipinski definition) is 10. The van der Waals surface area contributed by atoms with E-state index < -0.39 is 63.4 Å². The van der Waals surface area contributed by atoms with Crippen LogP contribution in [0.4, 0.5) is 22.0 Å². The first-order valence-electron chi connectivity index (χ1n) is 13.2. The van der Waals surface area contributed by atoms with Crippen LogP contribution < -0.4 is 5.32 Å². The Kier molecular flexibility index (Phi) is 9.33. The number of hydrogen-bond donors (Lipinski definition) is 2. The summed E-state index contributed by atoms with van der Waals surface area (Å²) in [6.45, 7) is -1.09. The van der Waals surface area contributed by atoms with Crippen LogP contribution >= 0.6 is 22.9 Å². The number of halogens is 6. The van der Waals surface area contributed by atoms with Gasteiger partial charge in [-0.15, -0.1) is 11.3 Å². The molecule has 0 amide bonds. The average molecular weight is 695 g/mol. The van der Waals surface area contributed by atoms with Crippen LogP contribution in [0.3, 0.4) is 0 Å². The molecule has 11 nitrogen and oxygen atoms in total. The first-order chi connectivity index (χ1) is 21.2. The molecule has 19 heteroatoms. The van der Waals surface area contributed by atoms with Crippen LogP contribution in [0.5, 0.6) is 0 Å². The highest BCUT2D eigenvalue weighted by molar-refractivity contribution is 7.89. The number of esters is 1. The molecule has 2 aliphatic heterocycles. The molecule has 242 valence electrons. The lowest BCUT2D eigenvalue weighted by Crippen LogP contribution is -2.43. The molecule has 2 aliphatic rings. The zero-order valence-corrected chi connectivity index (χ0v) is 25.5. The van der Waals surface area contributed by atoms with Gasteiger partial charge in [0, 0.05) is 48.0 Å². The third kappa shape index (κ3) is 6.60. The maximum atomic E-state index is 14.5. The molecule has 2 N–H and O–H groups in total. The van der Waals surface area contributed by atoms with Crippen molar-refractivity contribution >= 4 is 44.8 Å². The fourth-order valence-electron chi connectivity index (χ4n) is 5.04. The Balaban J connectivity index is 1.44. The number of methoxy groups -OCH3 is 1. The molecule has 1 saturated heterocycles. The van der Waals surface area contributed by atoms with E-state index in [2.05, 4.69) is 20.4 Å². The number of thiazole rings is 1. The van der Waals surface area contributed by atoms with E-state index in [4.69, 9.17) is 16.3 Å². The number of aliphatic imine (C=N–C) groups is 1. The molecule has 0 aliphatic carbocycles. The number of allylic oxidation sites excluding steroid dienone is 1. The molecule has 4 heterocycles. The molecular formula is C26H24ClF5N6O5S2. The minimum absolute atomic E-state index is 0.00306. The van der Waals surface area contributed by atoms with Crippen molar-refractivity contribution in [1.29, 1.82) is 0 Å². The largest absolute Gasteiger partial charge is 0.466 e. The van der Waals surface area contributed by atoms with E-state index in [1.54, 1.807) is 5.38 Å². The number of benzene rings is 1. The summed E-state index contributed by atoms with van der Waals surface area (Å²) in [4.78, 5) is 21.7. The van der Waals surface area contributed by atoms with Crippen LogP contribution in [0.2, 0.25) is 5.02 Å². The Labute approximate surface area is 262 Å². The van der Waals surface area contributed by atoms with Gasteiger partial charge in [0.2, 0.25) is 10.0 Å². The third-order valence-corrected chi connectivity index (χ3v) is 10.3. The van der Waals surface area contributed by atoms with Crippen molar-refractivity contribution in [3.8, 4) is 0 Å². The Morgan fingerprint density at radius 2 is 1.98 bits per heavy atom. The lowest BCUT2D eigenvalue weighted by atomic mass is 9.86. The summed E-state index contributed by atoms with van der Waals surface area (Å²) in [6, 6.07) is 0.847. The van der Waals surface area contributed by atoms with Crippen molar-refractivity contribution in [2.75, 3.05) is 20.2 Å². The summed E-state index contributed by atoms with van der Waals surface area (Å²) in [5.74, 6) is -3.59. The van der Waals surface area contributed by atoms with Gasteiger partial charge in [0.15, 0.2) is 28.6 Å². The van der Waals surface area contributed by atoms with Gasteiger partial charge in [-0.2, -0.15) is 22.6 Å². The van der Waals surface area contributed by atoms with Gasteiger partial charge in [-0.25, -0.2) is 27.0 Å². The fourth-order valence-corrected chi connectivity index (χ4v) is 7.31. The van der Waals surface area contributed by atoms with Crippen LogP contribution in [-0.4, -0.2) is 76.9 Å². The minimum atomic E-state index is -4.91. The number of rotatable bonds is 8. The van der Waals surface area contributed by atoms with Crippen molar-refractivity contribution in [2.45, 2.75) is 42.6 Å². The maximum Gasteiger partial charge on any atom is 0.416 e. The monoisotopic (exact) mass is 694 g/mol. The molecule has 0 radical (unpaired) electrons. The predicted octanol–water partition coefficient (Wildman–Crippen LogP) is 3.81. The van der Waals surface area contributed by atoms with Crippen LogP contribution in [0.15, 0.2) is 57.3 Å². The number of aliphatic hydroxyl groups excluding tert-OH is 1. The first-order valence-corrected chi connectivity index (χ1v) is 15.9. The quantitative estimate of drug-likeness (QED) is 0.206. The van der Waals surface area contributed by atoms with Crippen LogP contribution in [0, 0.1) is 17.6 Å². The van der Waals surface area contributed by atoms with Gasteiger partial charge in [-0.1, -0.05) is 17.7 Å². The number of alkyl halides is 3. The Bertz CT molecular complexity index is 1760. The summed E-state index contributed by atoms with van der Waals surface area (Å²) in [7, 11) is -3.04. The number of aliphatic hydroxyl groups is 1. The zero-order valence-electron chi connectivity index (χ0n) is 23.1. The topological polar surface area (TPSA) is 139 Å². The molecule has 45 heavy (non-hydrogen) atoms. The summed E-state index contributed by atoms with van der Waals surface area (Å²) >= 11 is 7.41. The number of nitrogens with one attached hydrogen (secondary N) is 1. The van der Waals surface area contributed by atoms with Crippen molar-refractivity contribution < 1.29 is 45.0 Å². The van der Waals surface area contributed by atoms with E-state index >= 15 is 0 Å². The van der Waals surface area contributed by atoms with E-state index in [-0.39, 0.29) is 47.8 Å². The molecule has 1 fully saturated rings. The summed E-state index contributed by atoms with van der Waals surface area (Å²) in [6.07, 6.45) is -3.96. The summed E-state index contributed by atoms with van der Waals surface area (Å²) in [5.41, 5.74) is 0.284. The number of ether oxygens (including phenoxy) is 1. The van der Waals surface area contributed by atoms with Gasteiger partial charge in [0.1, 0.15) is 10.9 Å². The van der Waals surface area contributed by atoms with Crippen molar-refractivity contribution in [2.24, 2.45) is 10.9 Å². The molecule has 3 aromatic rings. The standard InChI is InChI=1S/C26H24ClF5N6O5S2/c1-43-25(40)18-21(35-23(24-33-6-9-44-24)36-22(18)15-2-3-16(28)20(29)19(15)27)13-4-7-38(8-5-13)45(41,42)14-10-34-37(11-14)12-17(39)26(30,31)32/h2-3,6,9-11,13,17,22,39H,4-5,7-8,12H2,1H3,(H,35,36). The molecule has 5 rings (SSSR count). The number of amidine groups is 1. The highest BCUT2D eigenvalue weighted by Gasteiger charge is 2.41. The fraction of sp³-hybridized carbons (Fsp3) is 0.385. The summed E-state index contributed by atoms with van der Waals surface area (Å²) in [5, 5.41) is 17.6. The molecule has 0 spiro atoms. The SMILES string of the molecule is COC(=O)C1=C(C2CCN(S(=O)(=O)c3cnn(CC(O)C(F)(F)F)c3)CC2)NC(c2nccs2)=NC1c1ccc(F)c(F)c1Cl. The molecule has 1 aromatic carbocycles. The van der Waals surface area contributed by atoms with Crippen molar-refractivity contribution in [3.05, 3.63) is 74.6 Å². The van der Waals surface area contributed by atoms with Crippen molar-refractivity contribution in [3.63, 3.8) is 0 Å².